The number of rotatable bonds is 3. The van der Waals surface area contributed by atoms with Gasteiger partial charge in [-0.2, -0.15) is 0 Å². The number of nitrogen functional groups attached to an aromatic ring is 1. The number of hydrogen-bond donors (Lipinski definition) is 1. The summed E-state index contributed by atoms with van der Waals surface area (Å²) >= 11 is 1.35. The van der Waals surface area contributed by atoms with Crippen LogP contribution in [0.3, 0.4) is 0 Å². The SMILES string of the molecule is CCc1ccccc1Oc1ncc(N)s1. The zero-order valence-corrected chi connectivity index (χ0v) is 9.25. The standard InChI is InChI=1S/C11H12N2OS/c1-2-8-5-3-4-6-9(8)14-11-13-7-10(12)15-11/h3-7H,2,12H2,1H3. The third-order valence-electron chi connectivity index (χ3n) is 2.05. The average molecular weight is 220 g/mol. The Bertz CT molecular complexity index is 453. The second kappa shape index (κ2) is 4.31. The fraction of sp³-hybridized carbons (Fsp3) is 0.182. The van der Waals surface area contributed by atoms with Crippen LogP contribution in [-0.4, -0.2) is 4.98 Å². The Morgan fingerprint density at radius 1 is 1.40 bits per heavy atom. The van der Waals surface area contributed by atoms with Crippen LogP contribution in [0.2, 0.25) is 0 Å². The van der Waals surface area contributed by atoms with Crippen LogP contribution >= 0.6 is 11.3 Å². The fourth-order valence-electron chi connectivity index (χ4n) is 1.31. The van der Waals surface area contributed by atoms with E-state index in [1.807, 2.05) is 24.3 Å². The largest absolute Gasteiger partial charge is 0.431 e. The minimum absolute atomic E-state index is 0.591. The smallest absolute Gasteiger partial charge is 0.280 e. The molecule has 4 heteroatoms. The minimum Gasteiger partial charge on any atom is -0.431 e. The van der Waals surface area contributed by atoms with E-state index in [-0.39, 0.29) is 0 Å². The highest BCUT2D eigenvalue weighted by Crippen LogP contribution is 2.29. The van der Waals surface area contributed by atoms with Crippen LogP contribution in [0.25, 0.3) is 0 Å². The molecule has 0 amide bonds. The van der Waals surface area contributed by atoms with Crippen LogP contribution < -0.4 is 10.5 Å². The van der Waals surface area contributed by atoms with E-state index in [0.29, 0.717) is 10.2 Å². The third kappa shape index (κ3) is 2.27. The van der Waals surface area contributed by atoms with E-state index in [1.54, 1.807) is 6.20 Å². The monoisotopic (exact) mass is 220 g/mol. The molecule has 0 fully saturated rings. The Labute approximate surface area is 92.5 Å². The van der Waals surface area contributed by atoms with Gasteiger partial charge in [0.1, 0.15) is 10.8 Å². The van der Waals surface area contributed by atoms with E-state index in [4.69, 9.17) is 10.5 Å². The second-order valence-electron chi connectivity index (χ2n) is 3.09. The molecule has 0 aliphatic carbocycles. The van der Waals surface area contributed by atoms with Crippen LogP contribution in [-0.2, 0) is 6.42 Å². The number of aromatic nitrogens is 1. The number of thiazole rings is 1. The predicted molar refractivity (Wildman–Crippen MR) is 62.4 cm³/mol. The normalized spacial score (nSPS) is 10.2. The Kier molecular flexibility index (Phi) is 2.87. The molecule has 2 N–H and O–H groups in total. The van der Waals surface area contributed by atoms with E-state index in [1.165, 1.54) is 16.9 Å². The van der Waals surface area contributed by atoms with Crippen molar-refractivity contribution in [1.29, 1.82) is 0 Å². The van der Waals surface area contributed by atoms with Crippen LogP contribution in [0.4, 0.5) is 5.00 Å². The minimum atomic E-state index is 0.591. The highest BCUT2D eigenvalue weighted by molar-refractivity contribution is 7.17. The number of anilines is 1. The van der Waals surface area contributed by atoms with Gasteiger partial charge in [-0.05, 0) is 18.1 Å². The van der Waals surface area contributed by atoms with Gasteiger partial charge in [0.2, 0.25) is 0 Å². The molecular formula is C11H12N2OS. The van der Waals surface area contributed by atoms with Crippen molar-refractivity contribution < 1.29 is 4.74 Å². The van der Waals surface area contributed by atoms with E-state index in [0.717, 1.165) is 12.2 Å². The lowest BCUT2D eigenvalue weighted by molar-refractivity contribution is 0.473. The van der Waals surface area contributed by atoms with Gasteiger partial charge in [-0.25, -0.2) is 4.98 Å². The summed E-state index contributed by atoms with van der Waals surface area (Å²) in [5, 5.41) is 1.26. The lowest BCUT2D eigenvalue weighted by atomic mass is 10.1. The first-order chi connectivity index (χ1) is 7.29. The van der Waals surface area contributed by atoms with Crippen LogP contribution in [0.1, 0.15) is 12.5 Å². The molecule has 78 valence electrons. The molecule has 0 aliphatic heterocycles. The molecule has 0 atom stereocenters. The van der Waals surface area contributed by atoms with Gasteiger partial charge in [0, 0.05) is 0 Å². The highest BCUT2D eigenvalue weighted by Gasteiger charge is 2.05. The average Bonchev–Trinajstić information content (AvgIpc) is 2.65. The summed E-state index contributed by atoms with van der Waals surface area (Å²) < 4.78 is 5.65. The van der Waals surface area contributed by atoms with Crippen LogP contribution in [0.5, 0.6) is 10.9 Å². The molecule has 0 saturated carbocycles. The summed E-state index contributed by atoms with van der Waals surface area (Å²) in [6.45, 7) is 2.10. The summed E-state index contributed by atoms with van der Waals surface area (Å²) in [4.78, 5) is 4.06. The topological polar surface area (TPSA) is 48.1 Å². The van der Waals surface area contributed by atoms with Crippen molar-refractivity contribution in [1.82, 2.24) is 4.98 Å². The molecule has 0 radical (unpaired) electrons. The molecule has 1 heterocycles. The molecule has 1 aromatic carbocycles. The Morgan fingerprint density at radius 2 is 2.20 bits per heavy atom. The Balaban J connectivity index is 2.23. The number of aryl methyl sites for hydroxylation is 1. The highest BCUT2D eigenvalue weighted by atomic mass is 32.1. The number of nitrogens with zero attached hydrogens (tertiary/aromatic N) is 1. The molecule has 2 aromatic rings. The predicted octanol–water partition coefficient (Wildman–Crippen LogP) is 3.08. The maximum Gasteiger partial charge on any atom is 0.280 e. The maximum absolute atomic E-state index is 5.65. The van der Waals surface area contributed by atoms with Crippen molar-refractivity contribution in [2.75, 3.05) is 5.73 Å². The summed E-state index contributed by atoms with van der Waals surface area (Å²) in [5.41, 5.74) is 6.75. The molecule has 15 heavy (non-hydrogen) atoms. The Morgan fingerprint density at radius 3 is 2.87 bits per heavy atom. The summed E-state index contributed by atoms with van der Waals surface area (Å²) in [6.07, 6.45) is 2.55. The molecule has 0 spiro atoms. The van der Waals surface area contributed by atoms with Crippen molar-refractivity contribution in [3.05, 3.63) is 36.0 Å². The van der Waals surface area contributed by atoms with Gasteiger partial charge in [0.15, 0.2) is 0 Å². The zero-order chi connectivity index (χ0) is 10.7. The van der Waals surface area contributed by atoms with Gasteiger partial charge in [-0.15, -0.1) is 0 Å². The number of nitrogens with two attached hydrogens (primary N) is 1. The van der Waals surface area contributed by atoms with Gasteiger partial charge >= 0.3 is 0 Å². The first-order valence-electron chi connectivity index (χ1n) is 4.76. The molecule has 0 bridgehead atoms. The summed E-state index contributed by atoms with van der Waals surface area (Å²) in [6, 6.07) is 7.94. The molecule has 3 nitrogen and oxygen atoms in total. The lowest BCUT2D eigenvalue weighted by Gasteiger charge is -2.06. The van der Waals surface area contributed by atoms with Crippen LogP contribution in [0, 0.1) is 0 Å². The fourth-order valence-corrected chi connectivity index (χ4v) is 1.85. The third-order valence-corrected chi connectivity index (χ3v) is 2.76. The molecule has 2 rings (SSSR count). The molecule has 0 unspecified atom stereocenters. The summed E-state index contributed by atoms with van der Waals surface area (Å²) in [5.74, 6) is 0.856. The van der Waals surface area contributed by atoms with Crippen molar-refractivity contribution in [3.8, 4) is 10.9 Å². The zero-order valence-electron chi connectivity index (χ0n) is 8.43. The van der Waals surface area contributed by atoms with E-state index in [9.17, 15) is 0 Å². The van der Waals surface area contributed by atoms with Gasteiger partial charge in [-0.1, -0.05) is 36.5 Å². The van der Waals surface area contributed by atoms with Gasteiger partial charge in [0.05, 0.1) is 6.20 Å². The van der Waals surface area contributed by atoms with Crippen molar-refractivity contribution >= 4 is 16.3 Å². The molecule has 0 aliphatic rings. The van der Waals surface area contributed by atoms with E-state index in [2.05, 4.69) is 11.9 Å². The summed E-state index contributed by atoms with van der Waals surface area (Å²) in [7, 11) is 0. The molecule has 1 aromatic heterocycles. The molecule has 0 saturated heterocycles. The first kappa shape index (κ1) is 9.98. The van der Waals surface area contributed by atoms with Crippen LogP contribution in [0.15, 0.2) is 30.5 Å². The maximum atomic E-state index is 5.65. The van der Waals surface area contributed by atoms with E-state index >= 15 is 0 Å². The number of benzene rings is 1. The van der Waals surface area contributed by atoms with Crippen molar-refractivity contribution in [2.24, 2.45) is 0 Å². The van der Waals surface area contributed by atoms with Crippen molar-refractivity contribution in [3.63, 3.8) is 0 Å². The van der Waals surface area contributed by atoms with E-state index < -0.39 is 0 Å². The van der Waals surface area contributed by atoms with Gasteiger partial charge < -0.3 is 10.5 Å². The lowest BCUT2D eigenvalue weighted by Crippen LogP contribution is -1.88. The first-order valence-corrected chi connectivity index (χ1v) is 5.58. The Hall–Kier alpha value is -1.55. The number of para-hydroxylation sites is 1. The molecular weight excluding hydrogens is 208 g/mol. The van der Waals surface area contributed by atoms with Crippen molar-refractivity contribution in [2.45, 2.75) is 13.3 Å². The second-order valence-corrected chi connectivity index (χ2v) is 4.12. The number of hydrogen-bond acceptors (Lipinski definition) is 4. The number of ether oxygens (including phenoxy) is 1. The van der Waals surface area contributed by atoms with Gasteiger partial charge in [0.25, 0.3) is 5.19 Å². The quantitative estimate of drug-likeness (QED) is 0.864. The van der Waals surface area contributed by atoms with Gasteiger partial charge in [-0.3, -0.25) is 0 Å².